The van der Waals surface area contributed by atoms with Crippen LogP contribution in [0.2, 0.25) is 0 Å². The standard InChI is InChI=1S/C16H21BrN2S/c1-4-18-10-14(13-5-7-15(17)8-6-13)9-16-19-11(2)12(3)20-16/h5-8,14,18H,4,9-10H2,1-3H3. The Kier molecular flexibility index (Phi) is 5.75. The molecule has 2 nitrogen and oxygen atoms in total. The quantitative estimate of drug-likeness (QED) is 0.830. The second kappa shape index (κ2) is 7.34. The van der Waals surface area contributed by atoms with E-state index in [1.165, 1.54) is 21.1 Å². The maximum Gasteiger partial charge on any atom is 0.0937 e. The molecule has 0 aliphatic rings. The number of aromatic nitrogens is 1. The van der Waals surface area contributed by atoms with E-state index in [2.05, 4.69) is 71.3 Å². The third-order valence-corrected chi connectivity index (χ3v) is 5.10. The number of aryl methyl sites for hydroxylation is 2. The van der Waals surface area contributed by atoms with Crippen molar-refractivity contribution in [1.29, 1.82) is 0 Å². The molecule has 1 aromatic heterocycles. The molecule has 0 radical (unpaired) electrons. The first kappa shape index (κ1) is 15.7. The molecule has 0 spiro atoms. The maximum atomic E-state index is 4.68. The van der Waals surface area contributed by atoms with Crippen molar-refractivity contribution in [2.24, 2.45) is 0 Å². The van der Waals surface area contributed by atoms with Gasteiger partial charge in [0.25, 0.3) is 0 Å². The third-order valence-electron chi connectivity index (χ3n) is 3.48. The Labute approximate surface area is 133 Å². The largest absolute Gasteiger partial charge is 0.316 e. The van der Waals surface area contributed by atoms with Crippen LogP contribution in [0.15, 0.2) is 28.7 Å². The van der Waals surface area contributed by atoms with Gasteiger partial charge in [-0.3, -0.25) is 0 Å². The average molecular weight is 353 g/mol. The molecule has 0 aliphatic heterocycles. The number of likely N-dealkylation sites (N-methyl/N-ethyl adjacent to an activating group) is 1. The fourth-order valence-electron chi connectivity index (χ4n) is 2.20. The molecule has 0 fully saturated rings. The van der Waals surface area contributed by atoms with Gasteiger partial charge in [-0.05, 0) is 38.1 Å². The van der Waals surface area contributed by atoms with Crippen molar-refractivity contribution in [2.75, 3.05) is 13.1 Å². The molecule has 0 saturated heterocycles. The first-order chi connectivity index (χ1) is 9.60. The van der Waals surface area contributed by atoms with E-state index in [1.54, 1.807) is 0 Å². The predicted molar refractivity (Wildman–Crippen MR) is 90.7 cm³/mol. The molecule has 1 aromatic carbocycles. The second-order valence-corrected chi connectivity index (χ2v) is 7.21. The molecule has 1 unspecified atom stereocenters. The van der Waals surface area contributed by atoms with Gasteiger partial charge < -0.3 is 5.32 Å². The smallest absolute Gasteiger partial charge is 0.0937 e. The zero-order valence-electron chi connectivity index (χ0n) is 12.2. The Balaban J connectivity index is 2.16. The molecule has 0 bridgehead atoms. The van der Waals surface area contributed by atoms with Gasteiger partial charge in [0, 0.05) is 28.2 Å². The molecule has 1 heterocycles. The molecule has 1 N–H and O–H groups in total. The minimum absolute atomic E-state index is 0.480. The lowest BCUT2D eigenvalue weighted by atomic mass is 9.96. The van der Waals surface area contributed by atoms with Crippen molar-refractivity contribution >= 4 is 27.3 Å². The number of nitrogens with one attached hydrogen (secondary N) is 1. The van der Waals surface area contributed by atoms with E-state index >= 15 is 0 Å². The van der Waals surface area contributed by atoms with Crippen molar-refractivity contribution in [2.45, 2.75) is 33.1 Å². The van der Waals surface area contributed by atoms with Gasteiger partial charge in [-0.25, -0.2) is 4.98 Å². The zero-order chi connectivity index (χ0) is 14.5. The highest BCUT2D eigenvalue weighted by Crippen LogP contribution is 2.26. The molecule has 1 atom stereocenters. The van der Waals surface area contributed by atoms with E-state index < -0.39 is 0 Å². The van der Waals surface area contributed by atoms with Crippen LogP contribution in [0.1, 0.15) is 34.0 Å². The topological polar surface area (TPSA) is 24.9 Å². The number of rotatable bonds is 6. The van der Waals surface area contributed by atoms with Crippen molar-refractivity contribution in [3.63, 3.8) is 0 Å². The van der Waals surface area contributed by atoms with Crippen LogP contribution in [-0.2, 0) is 6.42 Å². The Morgan fingerprint density at radius 3 is 2.50 bits per heavy atom. The molecule has 2 rings (SSSR count). The summed E-state index contributed by atoms with van der Waals surface area (Å²) in [7, 11) is 0. The van der Waals surface area contributed by atoms with E-state index in [0.717, 1.165) is 24.0 Å². The molecule has 4 heteroatoms. The summed E-state index contributed by atoms with van der Waals surface area (Å²) in [6.07, 6.45) is 1.01. The van der Waals surface area contributed by atoms with Gasteiger partial charge in [-0.2, -0.15) is 0 Å². The number of nitrogens with zero attached hydrogens (tertiary/aromatic N) is 1. The average Bonchev–Trinajstić information content (AvgIpc) is 2.74. The SMILES string of the molecule is CCNCC(Cc1nc(C)c(C)s1)c1ccc(Br)cc1. The lowest BCUT2D eigenvalue weighted by Crippen LogP contribution is -2.22. The van der Waals surface area contributed by atoms with Crippen molar-refractivity contribution in [3.8, 4) is 0 Å². The van der Waals surface area contributed by atoms with Crippen LogP contribution in [0, 0.1) is 13.8 Å². The summed E-state index contributed by atoms with van der Waals surface area (Å²) in [4.78, 5) is 6.01. The lowest BCUT2D eigenvalue weighted by Gasteiger charge is -2.16. The predicted octanol–water partition coefficient (Wildman–Crippen LogP) is 4.46. The molecular weight excluding hydrogens is 332 g/mol. The van der Waals surface area contributed by atoms with Crippen LogP contribution in [0.25, 0.3) is 0 Å². The number of halogens is 1. The Morgan fingerprint density at radius 2 is 1.95 bits per heavy atom. The number of hydrogen-bond acceptors (Lipinski definition) is 3. The fraction of sp³-hybridized carbons (Fsp3) is 0.438. The summed E-state index contributed by atoms with van der Waals surface area (Å²) < 4.78 is 1.13. The van der Waals surface area contributed by atoms with Crippen LogP contribution in [0.5, 0.6) is 0 Å². The summed E-state index contributed by atoms with van der Waals surface area (Å²) in [5.41, 5.74) is 2.54. The highest BCUT2D eigenvalue weighted by Gasteiger charge is 2.15. The Bertz CT molecular complexity index is 529. The minimum atomic E-state index is 0.480. The van der Waals surface area contributed by atoms with Crippen LogP contribution in [-0.4, -0.2) is 18.1 Å². The molecule has 2 aromatic rings. The summed E-state index contributed by atoms with van der Waals surface area (Å²) in [6.45, 7) is 8.39. The molecule has 0 saturated carbocycles. The van der Waals surface area contributed by atoms with Crippen LogP contribution in [0.3, 0.4) is 0 Å². The summed E-state index contributed by atoms with van der Waals surface area (Å²) in [6, 6.07) is 8.65. The molecular formula is C16H21BrN2S. The molecule has 108 valence electrons. The highest BCUT2D eigenvalue weighted by atomic mass is 79.9. The number of thiazole rings is 1. The Hall–Kier alpha value is -0.710. The van der Waals surface area contributed by atoms with Crippen LogP contribution in [0.4, 0.5) is 0 Å². The molecule has 0 amide bonds. The number of hydrogen-bond donors (Lipinski definition) is 1. The monoisotopic (exact) mass is 352 g/mol. The Morgan fingerprint density at radius 1 is 1.25 bits per heavy atom. The molecule has 20 heavy (non-hydrogen) atoms. The summed E-state index contributed by atoms with van der Waals surface area (Å²) in [5, 5.41) is 4.71. The fourth-order valence-corrected chi connectivity index (χ4v) is 3.48. The van der Waals surface area contributed by atoms with Gasteiger partial charge in [-0.15, -0.1) is 11.3 Å². The molecule has 0 aliphatic carbocycles. The van der Waals surface area contributed by atoms with Gasteiger partial charge in [0.2, 0.25) is 0 Å². The van der Waals surface area contributed by atoms with Crippen LogP contribution < -0.4 is 5.32 Å². The zero-order valence-corrected chi connectivity index (χ0v) is 14.6. The summed E-state index contributed by atoms with van der Waals surface area (Å²) >= 11 is 5.33. The maximum absolute atomic E-state index is 4.68. The minimum Gasteiger partial charge on any atom is -0.316 e. The van der Waals surface area contributed by atoms with Crippen LogP contribution >= 0.6 is 27.3 Å². The van der Waals surface area contributed by atoms with Gasteiger partial charge in [-0.1, -0.05) is 35.0 Å². The highest BCUT2D eigenvalue weighted by molar-refractivity contribution is 9.10. The van der Waals surface area contributed by atoms with Gasteiger partial charge in [0.1, 0.15) is 0 Å². The van der Waals surface area contributed by atoms with Crippen molar-refractivity contribution in [3.05, 3.63) is 49.9 Å². The van der Waals surface area contributed by atoms with Gasteiger partial charge in [0.05, 0.1) is 10.7 Å². The van der Waals surface area contributed by atoms with Gasteiger partial charge in [0.15, 0.2) is 0 Å². The second-order valence-electron chi connectivity index (χ2n) is 5.01. The third kappa shape index (κ3) is 4.14. The van der Waals surface area contributed by atoms with Crippen molar-refractivity contribution in [1.82, 2.24) is 10.3 Å². The van der Waals surface area contributed by atoms with E-state index in [0.29, 0.717) is 5.92 Å². The number of benzene rings is 1. The van der Waals surface area contributed by atoms with E-state index in [4.69, 9.17) is 0 Å². The van der Waals surface area contributed by atoms with E-state index in [-0.39, 0.29) is 0 Å². The van der Waals surface area contributed by atoms with E-state index in [1.807, 2.05) is 11.3 Å². The van der Waals surface area contributed by atoms with E-state index in [9.17, 15) is 0 Å². The van der Waals surface area contributed by atoms with Crippen molar-refractivity contribution < 1.29 is 0 Å². The lowest BCUT2D eigenvalue weighted by molar-refractivity contribution is 0.593. The van der Waals surface area contributed by atoms with Gasteiger partial charge >= 0.3 is 0 Å². The summed E-state index contributed by atoms with van der Waals surface area (Å²) in [5.74, 6) is 0.480. The normalized spacial score (nSPS) is 12.6. The first-order valence-corrected chi connectivity index (χ1v) is 8.60. The first-order valence-electron chi connectivity index (χ1n) is 6.99.